The standard InChI is InChI=1S/C11H19NOS/c1-4-9(7-13)10(12-3)11-8(2)5-6-14-11/h5-6,9-10,12-13H,4,7H2,1-3H3. The second-order valence-electron chi connectivity index (χ2n) is 3.59. The van der Waals surface area contributed by atoms with Crippen LogP contribution in [0.2, 0.25) is 0 Å². The zero-order valence-corrected chi connectivity index (χ0v) is 9.90. The van der Waals surface area contributed by atoms with Crippen LogP contribution in [0.1, 0.15) is 29.8 Å². The third-order valence-electron chi connectivity index (χ3n) is 2.73. The van der Waals surface area contributed by atoms with Crippen molar-refractivity contribution in [3.8, 4) is 0 Å². The molecule has 1 rings (SSSR count). The van der Waals surface area contributed by atoms with E-state index < -0.39 is 0 Å². The van der Waals surface area contributed by atoms with Gasteiger partial charge in [-0.25, -0.2) is 0 Å². The summed E-state index contributed by atoms with van der Waals surface area (Å²) in [4.78, 5) is 1.36. The Balaban J connectivity index is 2.86. The van der Waals surface area contributed by atoms with Gasteiger partial charge in [-0.3, -0.25) is 0 Å². The fraction of sp³-hybridized carbons (Fsp3) is 0.636. The third kappa shape index (κ3) is 2.35. The number of hydrogen-bond donors (Lipinski definition) is 2. The van der Waals surface area contributed by atoms with E-state index in [0.29, 0.717) is 12.0 Å². The fourth-order valence-electron chi connectivity index (χ4n) is 1.75. The first-order valence-corrected chi connectivity index (χ1v) is 5.94. The molecule has 0 aliphatic rings. The van der Waals surface area contributed by atoms with Crippen LogP contribution in [0.5, 0.6) is 0 Å². The molecule has 0 spiro atoms. The number of aliphatic hydroxyl groups is 1. The van der Waals surface area contributed by atoms with Crippen LogP contribution in [-0.2, 0) is 0 Å². The number of aryl methyl sites for hydroxylation is 1. The normalized spacial score (nSPS) is 15.4. The molecule has 0 saturated carbocycles. The maximum Gasteiger partial charge on any atom is 0.0477 e. The molecule has 14 heavy (non-hydrogen) atoms. The molecule has 2 unspecified atom stereocenters. The van der Waals surface area contributed by atoms with Crippen molar-refractivity contribution in [1.29, 1.82) is 0 Å². The predicted octanol–water partition coefficient (Wildman–Crippen LogP) is 2.34. The molecule has 0 radical (unpaired) electrons. The number of rotatable bonds is 5. The Morgan fingerprint density at radius 1 is 1.57 bits per heavy atom. The summed E-state index contributed by atoms with van der Waals surface area (Å²) in [6.45, 7) is 4.49. The van der Waals surface area contributed by atoms with Crippen molar-refractivity contribution in [2.24, 2.45) is 5.92 Å². The summed E-state index contributed by atoms with van der Waals surface area (Å²) in [6.07, 6.45) is 0.999. The molecule has 0 aliphatic heterocycles. The summed E-state index contributed by atoms with van der Waals surface area (Å²) in [7, 11) is 1.96. The Bertz CT molecular complexity index is 268. The number of hydrogen-bond acceptors (Lipinski definition) is 3. The Morgan fingerprint density at radius 3 is 2.64 bits per heavy atom. The first kappa shape index (κ1) is 11.7. The molecule has 1 aromatic rings. The fourth-order valence-corrected chi connectivity index (χ4v) is 2.88. The van der Waals surface area contributed by atoms with E-state index in [1.165, 1.54) is 10.4 Å². The summed E-state index contributed by atoms with van der Waals surface area (Å²) in [6, 6.07) is 2.43. The zero-order valence-electron chi connectivity index (χ0n) is 9.08. The van der Waals surface area contributed by atoms with Crippen LogP contribution in [0.15, 0.2) is 11.4 Å². The lowest BCUT2D eigenvalue weighted by Crippen LogP contribution is -2.27. The van der Waals surface area contributed by atoms with Crippen LogP contribution in [-0.4, -0.2) is 18.8 Å². The first-order chi connectivity index (χ1) is 6.74. The van der Waals surface area contributed by atoms with E-state index in [9.17, 15) is 5.11 Å². The van der Waals surface area contributed by atoms with Gasteiger partial charge in [-0.15, -0.1) is 11.3 Å². The van der Waals surface area contributed by atoms with E-state index in [4.69, 9.17) is 0 Å². The molecule has 1 aromatic heterocycles. The molecule has 0 aliphatic carbocycles. The van der Waals surface area contributed by atoms with Crippen LogP contribution in [0.3, 0.4) is 0 Å². The van der Waals surface area contributed by atoms with Crippen molar-refractivity contribution in [2.75, 3.05) is 13.7 Å². The van der Waals surface area contributed by atoms with Crippen molar-refractivity contribution in [2.45, 2.75) is 26.3 Å². The largest absolute Gasteiger partial charge is 0.396 e. The Morgan fingerprint density at radius 2 is 2.29 bits per heavy atom. The van der Waals surface area contributed by atoms with E-state index >= 15 is 0 Å². The van der Waals surface area contributed by atoms with Gasteiger partial charge in [0.05, 0.1) is 0 Å². The Kier molecular flexibility index (Phi) is 4.58. The maximum absolute atomic E-state index is 9.28. The molecule has 0 bridgehead atoms. The second kappa shape index (κ2) is 5.49. The summed E-state index contributed by atoms with van der Waals surface area (Å²) in [5.41, 5.74) is 1.32. The van der Waals surface area contributed by atoms with Crippen molar-refractivity contribution in [3.05, 3.63) is 21.9 Å². The average Bonchev–Trinajstić information content (AvgIpc) is 2.61. The van der Waals surface area contributed by atoms with Crippen molar-refractivity contribution >= 4 is 11.3 Å². The second-order valence-corrected chi connectivity index (χ2v) is 4.53. The minimum Gasteiger partial charge on any atom is -0.396 e. The van der Waals surface area contributed by atoms with Gasteiger partial charge in [-0.1, -0.05) is 6.92 Å². The number of nitrogens with one attached hydrogen (secondary N) is 1. The molecule has 3 heteroatoms. The molecule has 0 saturated heterocycles. The van der Waals surface area contributed by atoms with Gasteiger partial charge in [-0.05, 0) is 37.4 Å². The van der Waals surface area contributed by atoms with Gasteiger partial charge in [0.2, 0.25) is 0 Å². The van der Waals surface area contributed by atoms with Gasteiger partial charge in [0.25, 0.3) is 0 Å². The smallest absolute Gasteiger partial charge is 0.0477 e. The lowest BCUT2D eigenvalue weighted by molar-refractivity contribution is 0.190. The monoisotopic (exact) mass is 213 g/mol. The Hall–Kier alpha value is -0.380. The minimum atomic E-state index is 0.249. The molecule has 2 nitrogen and oxygen atoms in total. The predicted molar refractivity (Wildman–Crippen MR) is 61.7 cm³/mol. The summed E-state index contributed by atoms with van der Waals surface area (Å²) in [5, 5.41) is 14.7. The topological polar surface area (TPSA) is 32.3 Å². The highest BCUT2D eigenvalue weighted by atomic mass is 32.1. The molecule has 1 heterocycles. The lowest BCUT2D eigenvalue weighted by Gasteiger charge is -2.24. The van der Waals surface area contributed by atoms with E-state index in [1.54, 1.807) is 11.3 Å². The van der Waals surface area contributed by atoms with Crippen LogP contribution < -0.4 is 5.32 Å². The molecule has 0 fully saturated rings. The minimum absolute atomic E-state index is 0.249. The van der Waals surface area contributed by atoms with Crippen LogP contribution in [0, 0.1) is 12.8 Å². The van der Waals surface area contributed by atoms with Gasteiger partial charge in [-0.2, -0.15) is 0 Å². The van der Waals surface area contributed by atoms with Crippen molar-refractivity contribution in [1.82, 2.24) is 5.32 Å². The maximum atomic E-state index is 9.28. The van der Waals surface area contributed by atoms with Crippen molar-refractivity contribution < 1.29 is 5.11 Å². The van der Waals surface area contributed by atoms with Crippen LogP contribution in [0.4, 0.5) is 0 Å². The van der Waals surface area contributed by atoms with Crippen molar-refractivity contribution in [3.63, 3.8) is 0 Å². The molecular formula is C11H19NOS. The van der Waals surface area contributed by atoms with Gasteiger partial charge >= 0.3 is 0 Å². The third-order valence-corrected chi connectivity index (χ3v) is 3.83. The van der Waals surface area contributed by atoms with Crippen LogP contribution >= 0.6 is 11.3 Å². The SMILES string of the molecule is CCC(CO)C(NC)c1sccc1C. The molecule has 0 aromatic carbocycles. The highest BCUT2D eigenvalue weighted by Crippen LogP contribution is 2.30. The van der Waals surface area contributed by atoms with E-state index in [2.05, 4.69) is 30.6 Å². The van der Waals surface area contributed by atoms with Gasteiger partial charge in [0, 0.05) is 23.4 Å². The van der Waals surface area contributed by atoms with E-state index in [0.717, 1.165) is 6.42 Å². The quantitative estimate of drug-likeness (QED) is 0.787. The molecule has 2 atom stereocenters. The van der Waals surface area contributed by atoms with Gasteiger partial charge < -0.3 is 10.4 Å². The van der Waals surface area contributed by atoms with Crippen LogP contribution in [0.25, 0.3) is 0 Å². The average molecular weight is 213 g/mol. The van der Waals surface area contributed by atoms with Gasteiger partial charge in [0.1, 0.15) is 0 Å². The number of aliphatic hydroxyl groups excluding tert-OH is 1. The molecule has 0 amide bonds. The zero-order chi connectivity index (χ0) is 10.6. The highest BCUT2D eigenvalue weighted by Gasteiger charge is 2.21. The lowest BCUT2D eigenvalue weighted by atomic mass is 9.95. The molecule has 2 N–H and O–H groups in total. The summed E-state index contributed by atoms with van der Waals surface area (Å²) in [5.74, 6) is 0.317. The summed E-state index contributed by atoms with van der Waals surface area (Å²) >= 11 is 1.77. The Labute approximate surface area is 90.0 Å². The highest BCUT2D eigenvalue weighted by molar-refractivity contribution is 7.10. The molecular weight excluding hydrogens is 194 g/mol. The number of thiophene rings is 1. The first-order valence-electron chi connectivity index (χ1n) is 5.06. The van der Waals surface area contributed by atoms with Gasteiger partial charge in [0.15, 0.2) is 0 Å². The molecule has 80 valence electrons. The summed E-state index contributed by atoms with van der Waals surface area (Å²) < 4.78 is 0. The van der Waals surface area contributed by atoms with E-state index in [1.807, 2.05) is 7.05 Å². The van der Waals surface area contributed by atoms with E-state index in [-0.39, 0.29) is 6.61 Å².